The Balaban J connectivity index is 2.12. The molecule has 2 aliphatic heterocycles. The van der Waals surface area contributed by atoms with E-state index in [-0.39, 0.29) is 43.5 Å². The van der Waals surface area contributed by atoms with Gasteiger partial charge >= 0.3 is 11.9 Å². The minimum atomic E-state index is -1.91. The zero-order valence-electron chi connectivity index (χ0n) is 40.2. The summed E-state index contributed by atoms with van der Waals surface area (Å²) in [5.41, 5.74) is -2.04. The van der Waals surface area contributed by atoms with Gasteiger partial charge in [0.25, 0.3) is 0 Å². The van der Waals surface area contributed by atoms with Crippen LogP contribution in [0.1, 0.15) is 119 Å². The summed E-state index contributed by atoms with van der Waals surface area (Å²) in [5, 5.41) is 69.2. The maximum atomic E-state index is 14.6. The fourth-order valence-corrected chi connectivity index (χ4v) is 9.11. The SMILES string of the molecule is COC1C(C)=CC=CC(C)C(C(C)(O)C=C(C)Cc2csc(C3(C)OC3C)n2)OC(=O)C(C)(OC(=O)C(C)C(C)O)CCC(C)CC(O)C(C)C(=O)C(CO)C=CCC(C)C(O)C1O. The summed E-state index contributed by atoms with van der Waals surface area (Å²) < 4.78 is 23.6. The molecule has 0 saturated carbocycles. The maximum absolute atomic E-state index is 14.6. The first-order valence-electron chi connectivity index (χ1n) is 22.6. The van der Waals surface area contributed by atoms with Crippen molar-refractivity contribution in [2.45, 2.75) is 175 Å². The molecule has 0 amide bonds. The van der Waals surface area contributed by atoms with Crippen LogP contribution in [-0.2, 0) is 45.4 Å². The lowest BCUT2D eigenvalue weighted by atomic mass is 9.83. The van der Waals surface area contributed by atoms with Crippen LogP contribution in [-0.4, -0.2) is 121 Å². The molecule has 3 heterocycles. The Morgan fingerprint density at radius 2 is 1.73 bits per heavy atom. The van der Waals surface area contributed by atoms with Crippen LogP contribution in [0.3, 0.4) is 0 Å². The first kappa shape index (κ1) is 55.2. The second-order valence-electron chi connectivity index (χ2n) is 19.3. The van der Waals surface area contributed by atoms with Crippen LogP contribution in [0, 0.1) is 35.5 Å². The van der Waals surface area contributed by atoms with Gasteiger partial charge in [-0.05, 0) is 98.5 Å². The quantitative estimate of drug-likeness (QED) is 0.0941. The van der Waals surface area contributed by atoms with E-state index < -0.39 is 102 Å². The summed E-state index contributed by atoms with van der Waals surface area (Å²) in [6.45, 7) is 19.9. The van der Waals surface area contributed by atoms with Crippen molar-refractivity contribution in [1.82, 2.24) is 4.98 Å². The molecule has 0 aliphatic carbocycles. The van der Waals surface area contributed by atoms with Crippen LogP contribution in [0.5, 0.6) is 0 Å². The van der Waals surface area contributed by atoms with Gasteiger partial charge in [0.15, 0.2) is 0 Å². The summed E-state index contributed by atoms with van der Waals surface area (Å²) in [6, 6.07) is 0. The topological polar surface area (TPSA) is 226 Å². The Labute approximate surface area is 384 Å². The second kappa shape index (κ2) is 23.6. The average Bonchev–Trinajstić information content (AvgIpc) is 3.57. The van der Waals surface area contributed by atoms with E-state index in [1.165, 1.54) is 46.1 Å². The maximum Gasteiger partial charge on any atom is 0.350 e. The van der Waals surface area contributed by atoms with Gasteiger partial charge < -0.3 is 49.6 Å². The lowest BCUT2D eigenvalue weighted by molar-refractivity contribution is -0.197. The molecule has 2 aliphatic rings. The molecule has 1 fully saturated rings. The first-order chi connectivity index (χ1) is 29.7. The molecule has 6 N–H and O–H groups in total. The van der Waals surface area contributed by atoms with Gasteiger partial charge in [-0.25, -0.2) is 9.78 Å². The molecule has 15 heteroatoms. The van der Waals surface area contributed by atoms with Gasteiger partial charge in [-0.2, -0.15) is 0 Å². The number of epoxide rings is 1. The van der Waals surface area contributed by atoms with E-state index >= 15 is 0 Å². The summed E-state index contributed by atoms with van der Waals surface area (Å²) in [4.78, 5) is 46.3. The smallest absolute Gasteiger partial charge is 0.350 e. The number of allylic oxidation sites excluding steroid dienone is 4. The number of cyclic esters (lactones) is 1. The zero-order chi connectivity index (χ0) is 48.5. The van der Waals surface area contributed by atoms with Gasteiger partial charge in [-0.1, -0.05) is 69.7 Å². The molecule has 1 aromatic heterocycles. The number of hydrogen-bond acceptors (Lipinski definition) is 15. The minimum absolute atomic E-state index is 0.0591. The lowest BCUT2D eigenvalue weighted by Crippen LogP contribution is -2.51. The van der Waals surface area contributed by atoms with Gasteiger partial charge in [-0.3, -0.25) is 9.59 Å². The van der Waals surface area contributed by atoms with Crippen LogP contribution >= 0.6 is 11.3 Å². The van der Waals surface area contributed by atoms with E-state index in [9.17, 15) is 45.0 Å². The fraction of sp³-hybridized carbons (Fsp3) is 0.714. The molecule has 1 aromatic rings. The molecule has 0 aromatic carbocycles. The number of methoxy groups -OCH3 is 1. The van der Waals surface area contributed by atoms with Gasteiger partial charge in [0.1, 0.15) is 40.3 Å². The van der Waals surface area contributed by atoms with E-state index in [2.05, 4.69) is 0 Å². The molecule has 0 spiro atoms. The molecule has 14 nitrogen and oxygen atoms in total. The molecular formula is C49H77NO13S. The number of aromatic nitrogens is 1. The molecule has 362 valence electrons. The Hall–Kier alpha value is -3.12. The highest BCUT2D eigenvalue weighted by Gasteiger charge is 2.53. The lowest BCUT2D eigenvalue weighted by Gasteiger charge is -2.37. The Morgan fingerprint density at radius 1 is 1.09 bits per heavy atom. The third-order valence-corrected chi connectivity index (χ3v) is 14.3. The van der Waals surface area contributed by atoms with Crippen LogP contribution in [0.2, 0.25) is 0 Å². The van der Waals surface area contributed by atoms with E-state index in [1.807, 2.05) is 33.1 Å². The predicted octanol–water partition coefficient (Wildman–Crippen LogP) is 5.70. The molecule has 16 atom stereocenters. The van der Waals surface area contributed by atoms with E-state index in [0.717, 1.165) is 16.3 Å². The number of aliphatic hydroxyl groups is 6. The zero-order valence-corrected chi connectivity index (χ0v) is 41.0. The van der Waals surface area contributed by atoms with Crippen molar-refractivity contribution in [3.63, 3.8) is 0 Å². The number of aliphatic hydroxyl groups excluding tert-OH is 5. The van der Waals surface area contributed by atoms with Crippen molar-refractivity contribution < 1.29 is 64.0 Å². The van der Waals surface area contributed by atoms with Crippen molar-refractivity contribution in [3.05, 3.63) is 63.7 Å². The van der Waals surface area contributed by atoms with Crippen LogP contribution in [0.25, 0.3) is 0 Å². The second-order valence-corrected chi connectivity index (χ2v) is 20.1. The van der Waals surface area contributed by atoms with E-state index in [1.54, 1.807) is 64.2 Å². The largest absolute Gasteiger partial charge is 0.455 e. The molecule has 64 heavy (non-hydrogen) atoms. The van der Waals surface area contributed by atoms with Crippen molar-refractivity contribution in [1.29, 1.82) is 0 Å². The van der Waals surface area contributed by atoms with Gasteiger partial charge in [-0.15, -0.1) is 11.3 Å². The number of ketones is 1. The molecule has 16 unspecified atom stereocenters. The van der Waals surface area contributed by atoms with Crippen LogP contribution in [0.4, 0.5) is 0 Å². The summed E-state index contributed by atoms with van der Waals surface area (Å²) in [6.07, 6.45) is 4.07. The third kappa shape index (κ3) is 14.4. The highest BCUT2D eigenvalue weighted by Crippen LogP contribution is 2.46. The number of ether oxygens (including phenoxy) is 4. The van der Waals surface area contributed by atoms with Gasteiger partial charge in [0.05, 0.1) is 48.6 Å². The first-order valence-corrected chi connectivity index (χ1v) is 23.5. The number of nitrogens with zero attached hydrogens (tertiary/aromatic N) is 1. The Morgan fingerprint density at radius 3 is 2.31 bits per heavy atom. The Bertz CT molecular complexity index is 1840. The van der Waals surface area contributed by atoms with E-state index in [0.29, 0.717) is 12.0 Å². The fourth-order valence-electron chi connectivity index (χ4n) is 8.11. The molecule has 0 bridgehead atoms. The van der Waals surface area contributed by atoms with Crippen molar-refractivity contribution in [2.75, 3.05) is 13.7 Å². The standard InChI is InChI=1S/C49H77NO13S/c1-27-20-21-48(11,63-44(57)32(6)34(8)52)46(58)61-43(47(10,59)24-28(2)22-37-26-64-45(50-37)49(12)35(9)62-49)31(5)18-14-17-30(4)42(60-13)41(56)39(54)29(3)16-15-19-36(25-51)40(55)33(7)38(53)23-27/h14-15,17-19,24,26-27,29,31-36,38-39,41-43,51-54,56,59H,16,20-23,25H2,1-13H3. The monoisotopic (exact) mass is 920 g/mol. The van der Waals surface area contributed by atoms with Crippen molar-refractivity contribution >= 4 is 29.1 Å². The Kier molecular flexibility index (Phi) is 20.3. The van der Waals surface area contributed by atoms with Gasteiger partial charge in [0.2, 0.25) is 5.60 Å². The summed E-state index contributed by atoms with van der Waals surface area (Å²) in [7, 11) is 1.41. The molecule has 3 rings (SSSR count). The third-order valence-electron chi connectivity index (χ3n) is 13.2. The number of thiazole rings is 1. The average molecular weight is 920 g/mol. The summed E-state index contributed by atoms with van der Waals surface area (Å²) in [5.74, 6) is -6.37. The van der Waals surface area contributed by atoms with Crippen molar-refractivity contribution in [3.8, 4) is 0 Å². The summed E-state index contributed by atoms with van der Waals surface area (Å²) >= 11 is 1.50. The van der Waals surface area contributed by atoms with Gasteiger partial charge in [0, 0.05) is 30.7 Å². The number of Topliss-reactive ketones (excluding diaryl/α,β-unsaturated/α-hetero) is 1. The number of rotatable bonds is 10. The highest BCUT2D eigenvalue weighted by atomic mass is 32.1. The normalized spacial score (nSPS) is 36.5. The number of esters is 2. The van der Waals surface area contributed by atoms with Crippen LogP contribution in [0.15, 0.2) is 53.0 Å². The number of carbonyl (C=O) groups is 3. The van der Waals surface area contributed by atoms with Crippen molar-refractivity contribution in [2.24, 2.45) is 35.5 Å². The molecule has 1 saturated heterocycles. The number of hydrogen-bond donors (Lipinski definition) is 6. The number of carbonyl (C=O) groups excluding carboxylic acids is 3. The molecule has 0 radical (unpaired) electrons. The molecular weight excluding hydrogens is 843 g/mol. The highest BCUT2D eigenvalue weighted by molar-refractivity contribution is 7.09. The van der Waals surface area contributed by atoms with Crippen LogP contribution < -0.4 is 0 Å². The predicted molar refractivity (Wildman–Crippen MR) is 245 cm³/mol. The van der Waals surface area contributed by atoms with E-state index in [4.69, 9.17) is 23.9 Å². The minimum Gasteiger partial charge on any atom is -0.455 e.